The van der Waals surface area contributed by atoms with Gasteiger partial charge in [0.2, 0.25) is 5.91 Å². The fourth-order valence-electron chi connectivity index (χ4n) is 3.53. The second-order valence-electron chi connectivity index (χ2n) is 7.36. The van der Waals surface area contributed by atoms with Crippen LogP contribution in [0.1, 0.15) is 13.8 Å². The highest BCUT2D eigenvalue weighted by Crippen LogP contribution is 2.59. The van der Waals surface area contributed by atoms with E-state index in [0.717, 1.165) is 10.8 Å². The van der Waals surface area contributed by atoms with E-state index in [9.17, 15) is 9.59 Å². The first-order valence-electron chi connectivity index (χ1n) is 9.03. The normalized spacial score (nSPS) is 19.6. The van der Waals surface area contributed by atoms with Crippen molar-refractivity contribution in [2.45, 2.75) is 13.8 Å². The second kappa shape index (κ2) is 8.41. The van der Waals surface area contributed by atoms with Gasteiger partial charge in [-0.25, -0.2) is 4.79 Å². The van der Waals surface area contributed by atoms with Gasteiger partial charge in [0.05, 0.1) is 18.2 Å². The Morgan fingerprint density at radius 3 is 2.61 bits per heavy atom. The zero-order chi connectivity index (χ0) is 20.3. The molecule has 1 aliphatic rings. The van der Waals surface area contributed by atoms with Crippen molar-refractivity contribution < 1.29 is 14.3 Å². The molecule has 0 heterocycles. The van der Waals surface area contributed by atoms with Crippen LogP contribution in [-0.4, -0.2) is 25.2 Å². The van der Waals surface area contributed by atoms with Gasteiger partial charge in [-0.15, -0.1) is 0 Å². The molecule has 2 aromatic rings. The number of hydrogen-bond acceptors (Lipinski definition) is 3. The fourth-order valence-corrected chi connectivity index (χ4v) is 3.81. The van der Waals surface area contributed by atoms with Gasteiger partial charge in [0.15, 0.2) is 0 Å². The predicted molar refractivity (Wildman–Crippen MR) is 112 cm³/mol. The number of anilines is 1. The van der Waals surface area contributed by atoms with E-state index in [1.165, 1.54) is 0 Å². The van der Waals surface area contributed by atoms with Crippen LogP contribution in [0.2, 0.25) is 0 Å². The average molecular weight is 421 g/mol. The third-order valence-electron chi connectivity index (χ3n) is 5.16. The summed E-state index contributed by atoms with van der Waals surface area (Å²) in [7, 11) is 0. The van der Waals surface area contributed by atoms with E-state index >= 15 is 0 Å². The van der Waals surface area contributed by atoms with E-state index in [2.05, 4.69) is 10.6 Å². The van der Waals surface area contributed by atoms with Crippen molar-refractivity contribution in [1.82, 2.24) is 5.32 Å². The van der Waals surface area contributed by atoms with E-state index in [0.29, 0.717) is 5.69 Å². The fraction of sp³-hybridized carbons (Fsp3) is 0.333. The van der Waals surface area contributed by atoms with E-state index in [-0.39, 0.29) is 40.8 Å². The van der Waals surface area contributed by atoms with Gasteiger partial charge in [-0.1, -0.05) is 73.4 Å². The van der Waals surface area contributed by atoms with Gasteiger partial charge >= 0.3 is 6.09 Å². The number of rotatable bonds is 6. The van der Waals surface area contributed by atoms with Crippen LogP contribution in [0.15, 0.2) is 53.0 Å². The summed E-state index contributed by atoms with van der Waals surface area (Å²) < 4.78 is 5.34. The number of nitrogens with one attached hydrogen (secondary N) is 2. The van der Waals surface area contributed by atoms with Crippen LogP contribution >= 0.6 is 23.2 Å². The molecule has 2 atom stereocenters. The van der Waals surface area contributed by atoms with Crippen molar-refractivity contribution >= 4 is 51.7 Å². The zero-order valence-corrected chi connectivity index (χ0v) is 17.2. The molecule has 2 N–H and O–H groups in total. The summed E-state index contributed by atoms with van der Waals surface area (Å²) in [5, 5.41) is 7.49. The van der Waals surface area contributed by atoms with Crippen molar-refractivity contribution in [2.75, 3.05) is 18.5 Å². The van der Waals surface area contributed by atoms with Crippen molar-refractivity contribution in [3.05, 3.63) is 53.0 Å². The Labute approximate surface area is 174 Å². The van der Waals surface area contributed by atoms with Crippen LogP contribution in [0.4, 0.5) is 10.5 Å². The molecular weight excluding hydrogens is 399 g/mol. The summed E-state index contributed by atoms with van der Waals surface area (Å²) in [6.07, 6.45) is 1.13. The predicted octanol–water partition coefficient (Wildman–Crippen LogP) is 5.10. The van der Waals surface area contributed by atoms with Gasteiger partial charge in [-0.2, -0.15) is 0 Å². The Hall–Kier alpha value is -2.24. The van der Waals surface area contributed by atoms with Gasteiger partial charge in [-0.05, 0) is 28.9 Å². The van der Waals surface area contributed by atoms with Crippen LogP contribution in [0.5, 0.6) is 0 Å². The van der Waals surface area contributed by atoms with E-state index in [4.69, 9.17) is 27.9 Å². The number of amides is 2. The Morgan fingerprint density at radius 1 is 1.14 bits per heavy atom. The quantitative estimate of drug-likeness (QED) is 0.638. The number of ether oxygens (including phenoxy) is 1. The van der Waals surface area contributed by atoms with Gasteiger partial charge in [0.25, 0.3) is 0 Å². The van der Waals surface area contributed by atoms with Crippen LogP contribution < -0.4 is 10.6 Å². The Kier molecular flexibility index (Phi) is 6.16. The molecule has 0 aromatic heterocycles. The van der Waals surface area contributed by atoms with Crippen LogP contribution in [-0.2, 0) is 9.53 Å². The number of allylic oxidation sites excluding steroid dienone is 1. The highest BCUT2D eigenvalue weighted by atomic mass is 35.5. The maximum atomic E-state index is 12.3. The van der Waals surface area contributed by atoms with E-state index in [1.54, 1.807) is 6.08 Å². The molecule has 7 heteroatoms. The Balaban J connectivity index is 1.45. The summed E-state index contributed by atoms with van der Waals surface area (Å²) in [4.78, 5) is 24.4. The summed E-state index contributed by atoms with van der Waals surface area (Å²) in [5.74, 6) is -0.281. The lowest BCUT2D eigenvalue weighted by Gasteiger charge is -2.10. The van der Waals surface area contributed by atoms with Gasteiger partial charge < -0.3 is 10.1 Å². The second-order valence-corrected chi connectivity index (χ2v) is 8.37. The van der Waals surface area contributed by atoms with E-state index in [1.807, 2.05) is 56.3 Å². The third-order valence-corrected chi connectivity index (χ3v) is 5.41. The van der Waals surface area contributed by atoms with Crippen molar-refractivity contribution in [3.8, 4) is 0 Å². The van der Waals surface area contributed by atoms with Crippen molar-refractivity contribution in [3.63, 3.8) is 0 Å². The van der Waals surface area contributed by atoms with Gasteiger partial charge in [-0.3, -0.25) is 10.1 Å². The molecule has 0 saturated heterocycles. The number of hydrogen-bond donors (Lipinski definition) is 2. The van der Waals surface area contributed by atoms with E-state index < -0.39 is 6.09 Å². The lowest BCUT2D eigenvalue weighted by atomic mass is 10.1. The molecule has 0 spiro atoms. The van der Waals surface area contributed by atoms with Crippen molar-refractivity contribution in [1.29, 1.82) is 0 Å². The summed E-state index contributed by atoms with van der Waals surface area (Å²) in [6.45, 7) is 4.29. The highest BCUT2D eigenvalue weighted by Gasteiger charge is 2.60. The molecule has 0 aliphatic heterocycles. The molecule has 2 aromatic carbocycles. The minimum absolute atomic E-state index is 0.00748. The molecule has 5 nitrogen and oxygen atoms in total. The zero-order valence-electron chi connectivity index (χ0n) is 15.7. The molecule has 0 bridgehead atoms. The summed E-state index contributed by atoms with van der Waals surface area (Å²) >= 11 is 11.4. The van der Waals surface area contributed by atoms with Gasteiger partial charge in [0.1, 0.15) is 11.1 Å². The lowest BCUT2D eigenvalue weighted by molar-refractivity contribution is -0.123. The van der Waals surface area contributed by atoms with Gasteiger partial charge in [0, 0.05) is 5.39 Å². The highest BCUT2D eigenvalue weighted by molar-refractivity contribution is 6.55. The largest absolute Gasteiger partial charge is 0.447 e. The Morgan fingerprint density at radius 2 is 1.86 bits per heavy atom. The van der Waals surface area contributed by atoms with Crippen LogP contribution in [0.25, 0.3) is 10.8 Å². The molecule has 28 heavy (non-hydrogen) atoms. The Bertz CT molecular complexity index is 918. The topological polar surface area (TPSA) is 67.4 Å². The molecule has 2 amide bonds. The molecule has 1 saturated carbocycles. The molecule has 0 unspecified atom stereocenters. The molecule has 1 fully saturated rings. The summed E-state index contributed by atoms with van der Waals surface area (Å²) in [6, 6.07) is 13.4. The first kappa shape index (κ1) is 20.5. The minimum Gasteiger partial charge on any atom is -0.447 e. The van der Waals surface area contributed by atoms with Crippen LogP contribution in [0, 0.1) is 17.3 Å². The first-order chi connectivity index (χ1) is 13.3. The number of fused-ring (bicyclic) bond motifs is 1. The lowest BCUT2D eigenvalue weighted by Crippen LogP contribution is -2.31. The first-order valence-corrected chi connectivity index (χ1v) is 9.78. The number of benzene rings is 2. The smallest absolute Gasteiger partial charge is 0.411 e. The SMILES string of the molecule is CC1(C)[C@H](C(=O)NCCOC(=O)Nc2cccc3ccccc23)[C@@H]1C=C(Cl)Cl. The third kappa shape index (κ3) is 4.59. The average Bonchev–Trinajstić information content (AvgIpc) is 3.18. The maximum absolute atomic E-state index is 12.3. The minimum atomic E-state index is -0.563. The molecule has 0 radical (unpaired) electrons. The maximum Gasteiger partial charge on any atom is 0.411 e. The molecule has 1 aliphatic carbocycles. The molecule has 148 valence electrons. The van der Waals surface area contributed by atoms with Crippen LogP contribution in [0.3, 0.4) is 0 Å². The monoisotopic (exact) mass is 420 g/mol. The molecule has 3 rings (SSSR count). The summed E-state index contributed by atoms with van der Waals surface area (Å²) in [5.41, 5.74) is 0.491. The van der Waals surface area contributed by atoms with Crippen molar-refractivity contribution in [2.24, 2.45) is 17.3 Å². The molecular formula is C21H22Cl2N2O3. The number of halogens is 2. The standard InChI is InChI=1S/C21H22Cl2N2O3/c1-21(2)15(12-17(22)23)18(21)19(26)24-10-11-28-20(27)25-16-9-5-7-13-6-3-4-8-14(13)16/h3-9,12,15,18H,10-11H2,1-2H3,(H,24,26)(H,25,27)/t15-,18-/m0/s1. The number of carbonyl (C=O) groups is 2. The number of carbonyl (C=O) groups excluding carboxylic acids is 2.